The summed E-state index contributed by atoms with van der Waals surface area (Å²) in [4.78, 5) is 0. The van der Waals surface area contributed by atoms with Gasteiger partial charge in [0, 0.05) is 57.7 Å². The molecule has 2 nitrogen and oxygen atoms in total. The van der Waals surface area contributed by atoms with Crippen molar-refractivity contribution in [1.82, 2.24) is 9.13 Å². The Bertz CT molecular complexity index is 6440. The Morgan fingerprint density at radius 1 is 0.153 bits per heavy atom. The number of aromatic nitrogens is 2. The van der Waals surface area contributed by atoms with Gasteiger partial charge in [-0.15, -0.1) is 0 Å². The van der Waals surface area contributed by atoms with Crippen LogP contribution in [0.5, 0.6) is 0 Å². The van der Waals surface area contributed by atoms with Crippen molar-refractivity contribution in [2.24, 2.45) is 14.1 Å². The molecule has 0 saturated heterocycles. The number of fused-ring (bicyclic) bond motifs is 20. The van der Waals surface area contributed by atoms with E-state index in [4.69, 9.17) is 0 Å². The standard InChI is InChI=1S/C17H13N.4C17H12.C13H11N.12C2H6/c1-18-15-9-5-4-8-14(15)17-13-7-3-2-6-12(13)10-11-16(17)18;1-11-5-2-8-13-14-9-3-6-12-7-4-10-15(16(11)13)17(12)14;1-11-8-9-13-14-6-2-4-12-5-3-7-15(17(12)14)16(13)10-11;1-11-9-12-5-4-8-15-13-6-2-3-7-14(13)16(10-11)17(12)15;1-11-9-10-16-14-6-3-2-5-13(14)15-8-4-7-12(11)17(15)16;1-14-12-8-4-2-6-10(12)11-7-3-5-9-13(11)14;12*1-2/h2-11H,1H3;4*2-10H,1H3;2-9H,1H3;12*1-2H3. The second kappa shape index (κ2) is 50.9. The minimum atomic E-state index is 1.30. The Balaban J connectivity index is 0.000000219. The van der Waals surface area contributed by atoms with E-state index in [2.05, 4.69) is 379 Å². The van der Waals surface area contributed by atoms with Gasteiger partial charge in [0.2, 0.25) is 0 Å². The fourth-order valence-corrected chi connectivity index (χ4v) is 16.9. The van der Waals surface area contributed by atoms with E-state index in [1.165, 1.54) is 209 Å². The Kier molecular flexibility index (Phi) is 41.2. The minimum Gasteiger partial charge on any atom is -0.344 e. The van der Waals surface area contributed by atoms with Gasteiger partial charge in [-0.2, -0.15) is 0 Å². The van der Waals surface area contributed by atoms with Gasteiger partial charge in [-0.25, -0.2) is 0 Å². The van der Waals surface area contributed by atoms with Gasteiger partial charge in [0.05, 0.1) is 0 Å². The van der Waals surface area contributed by atoms with E-state index < -0.39 is 0 Å². The molecule has 642 valence electrons. The van der Waals surface area contributed by atoms with Crippen molar-refractivity contribution >= 4 is 97.5 Å². The molecule has 0 atom stereocenters. The Labute approximate surface area is 748 Å². The maximum Gasteiger partial charge on any atom is 0.0495 e. The van der Waals surface area contributed by atoms with E-state index in [0.29, 0.717) is 0 Å². The maximum atomic E-state index is 2.30. The molecule has 0 aliphatic heterocycles. The van der Waals surface area contributed by atoms with Crippen molar-refractivity contribution in [3.05, 3.63) is 350 Å². The fourth-order valence-electron chi connectivity index (χ4n) is 16.9. The molecule has 19 aromatic rings. The number of hydrogen-bond acceptors (Lipinski definition) is 0. The molecule has 0 radical (unpaired) electrons. The van der Waals surface area contributed by atoms with Gasteiger partial charge in [0.15, 0.2) is 0 Å². The quantitative estimate of drug-likeness (QED) is 0.143. The first-order valence-electron chi connectivity index (χ1n) is 46.9. The zero-order chi connectivity index (χ0) is 91.3. The van der Waals surface area contributed by atoms with Crippen LogP contribution in [0.25, 0.3) is 186 Å². The van der Waals surface area contributed by atoms with Crippen molar-refractivity contribution in [3.63, 3.8) is 0 Å². The van der Waals surface area contributed by atoms with Gasteiger partial charge in [-0.05, 0) is 212 Å². The van der Waals surface area contributed by atoms with Crippen molar-refractivity contribution in [3.8, 4) is 89.0 Å². The third-order valence-corrected chi connectivity index (χ3v) is 21.4. The van der Waals surface area contributed by atoms with Crippen molar-refractivity contribution < 1.29 is 0 Å². The number of nitrogens with zero attached hydrogens (tertiary/aromatic N) is 2. The third-order valence-electron chi connectivity index (χ3n) is 21.4. The SMILES string of the molecule is CC.CC.CC.CC.CC.CC.CC.CC.CC.CC.CC.CC.Cc1cc2c3c(cccc3c1)-c1ccccc1-2.Cc1ccc2c(c1)-c1cccc3cccc-2c13.Cc1ccc2c3c(cccc13)-c1ccccc1-2.Cc1cccc2c1-c1cccc3cccc-2c13.Cn1c2ccccc2c2c3ccccc3ccc21.Cn1c2ccccc2c2ccccc21. The van der Waals surface area contributed by atoms with Crippen LogP contribution in [0.2, 0.25) is 0 Å². The highest BCUT2D eigenvalue weighted by molar-refractivity contribution is 6.22. The zero-order valence-corrected chi connectivity index (χ0v) is 81.1. The van der Waals surface area contributed by atoms with Crippen molar-refractivity contribution in [2.75, 3.05) is 0 Å². The van der Waals surface area contributed by atoms with Crippen LogP contribution < -0.4 is 0 Å². The number of para-hydroxylation sites is 3. The molecule has 0 spiro atoms. The number of rotatable bonds is 0. The molecule has 0 bridgehead atoms. The van der Waals surface area contributed by atoms with Crippen LogP contribution in [0, 0.1) is 27.7 Å². The molecule has 124 heavy (non-hydrogen) atoms. The zero-order valence-electron chi connectivity index (χ0n) is 81.1. The van der Waals surface area contributed by atoms with E-state index in [1.54, 1.807) is 0 Å². The lowest BCUT2D eigenvalue weighted by Gasteiger charge is -2.04. The topological polar surface area (TPSA) is 9.86 Å². The third kappa shape index (κ3) is 20.6. The molecule has 2 heteroatoms. The molecule has 2 heterocycles. The largest absolute Gasteiger partial charge is 0.344 e. The van der Waals surface area contributed by atoms with Crippen LogP contribution in [0.15, 0.2) is 328 Å². The van der Waals surface area contributed by atoms with Crippen LogP contribution in [0.1, 0.15) is 188 Å². The van der Waals surface area contributed by atoms with E-state index in [1.807, 2.05) is 166 Å². The Morgan fingerprint density at radius 2 is 0.460 bits per heavy atom. The lowest BCUT2D eigenvalue weighted by molar-refractivity contribution is 1.01. The van der Waals surface area contributed by atoms with Gasteiger partial charge < -0.3 is 9.13 Å². The van der Waals surface area contributed by atoms with Gasteiger partial charge >= 0.3 is 0 Å². The predicted octanol–water partition coefficient (Wildman–Crippen LogP) is 39.3. The summed E-state index contributed by atoms with van der Waals surface area (Å²) in [6, 6.07) is 118. The summed E-state index contributed by atoms with van der Waals surface area (Å²) in [5.74, 6) is 0. The van der Waals surface area contributed by atoms with Crippen LogP contribution in [-0.2, 0) is 14.1 Å². The van der Waals surface area contributed by atoms with Crippen LogP contribution in [0.4, 0.5) is 0 Å². The van der Waals surface area contributed by atoms with Crippen LogP contribution >= 0.6 is 0 Å². The summed E-state index contributed by atoms with van der Waals surface area (Å²) in [5, 5.41) is 19.1. The smallest absolute Gasteiger partial charge is 0.0495 e. The van der Waals surface area contributed by atoms with Crippen LogP contribution in [0.3, 0.4) is 0 Å². The Morgan fingerprint density at radius 3 is 0.968 bits per heavy atom. The number of aryl methyl sites for hydroxylation is 6. The monoisotopic (exact) mass is 1640 g/mol. The first-order valence-corrected chi connectivity index (χ1v) is 46.9. The van der Waals surface area contributed by atoms with Crippen molar-refractivity contribution in [1.29, 1.82) is 0 Å². The van der Waals surface area contributed by atoms with E-state index in [-0.39, 0.29) is 0 Å². The van der Waals surface area contributed by atoms with Crippen LogP contribution in [-0.4, -0.2) is 9.13 Å². The molecule has 0 N–H and O–H groups in total. The van der Waals surface area contributed by atoms with Gasteiger partial charge in [-0.1, -0.05) is 475 Å². The fraction of sp³-hybridized carbons (Fsp3) is 0.246. The second-order valence-electron chi connectivity index (χ2n) is 27.3. The summed E-state index contributed by atoms with van der Waals surface area (Å²) in [5.41, 5.74) is 32.7. The Hall–Kier alpha value is -12.4. The maximum absolute atomic E-state index is 2.30. The lowest BCUT2D eigenvalue weighted by Crippen LogP contribution is -1.85. The molecule has 23 rings (SSSR count). The van der Waals surface area contributed by atoms with E-state index in [9.17, 15) is 0 Å². The molecule has 0 unspecified atom stereocenters. The molecule has 2 aromatic heterocycles. The highest BCUT2D eigenvalue weighted by Crippen LogP contribution is 2.52. The number of benzene rings is 17. The van der Waals surface area contributed by atoms with Gasteiger partial charge in [-0.3, -0.25) is 0 Å². The van der Waals surface area contributed by atoms with E-state index >= 15 is 0 Å². The normalized spacial score (nSPS) is 10.0. The highest BCUT2D eigenvalue weighted by Gasteiger charge is 2.25. The molecule has 0 saturated carbocycles. The first-order chi connectivity index (χ1) is 61.1. The van der Waals surface area contributed by atoms with Gasteiger partial charge in [0.1, 0.15) is 0 Å². The first kappa shape index (κ1) is 100. The highest BCUT2D eigenvalue weighted by atomic mass is 14.9. The average molecular weight is 1640 g/mol. The average Bonchev–Trinajstić information content (AvgIpc) is 1.60. The predicted molar refractivity (Wildman–Crippen MR) is 567 cm³/mol. The minimum absolute atomic E-state index is 1.30. The summed E-state index contributed by atoms with van der Waals surface area (Å²) in [7, 11) is 4.25. The molecule has 0 fully saturated rings. The second-order valence-corrected chi connectivity index (χ2v) is 27.3. The molecule has 4 aliphatic carbocycles. The molecule has 17 aromatic carbocycles. The van der Waals surface area contributed by atoms with E-state index in [0.717, 1.165) is 0 Å². The molecule has 0 amide bonds. The lowest BCUT2D eigenvalue weighted by atomic mass is 9.99. The van der Waals surface area contributed by atoms with Gasteiger partial charge in [0.25, 0.3) is 0 Å². The molecular weight excluding hydrogens is 1490 g/mol. The molecule has 4 aliphatic rings. The molecular formula is C122H144N2. The number of hydrogen-bond donors (Lipinski definition) is 0. The summed E-state index contributed by atoms with van der Waals surface area (Å²) >= 11 is 0. The summed E-state index contributed by atoms with van der Waals surface area (Å²) < 4.78 is 4.52. The summed E-state index contributed by atoms with van der Waals surface area (Å²) in [6.45, 7) is 56.7. The van der Waals surface area contributed by atoms with Crippen molar-refractivity contribution in [2.45, 2.75) is 194 Å². The summed E-state index contributed by atoms with van der Waals surface area (Å²) in [6.07, 6.45) is 0.